The van der Waals surface area contributed by atoms with Crippen LogP contribution in [-0.2, 0) is 14.3 Å². The Morgan fingerprint density at radius 2 is 0.644 bits per heavy atom. The summed E-state index contributed by atoms with van der Waals surface area (Å²) in [5, 5.41) is 23.2. The minimum atomic E-state index is -0.844. The quantitative estimate of drug-likeness (QED) is 0.0320. The van der Waals surface area contributed by atoms with Gasteiger partial charge >= 0.3 is 5.97 Å². The van der Waals surface area contributed by atoms with E-state index in [9.17, 15) is 19.8 Å². The van der Waals surface area contributed by atoms with E-state index in [1.165, 1.54) is 295 Å². The number of unbranched alkanes of at least 4 members (excludes halogenated alkanes) is 49. The molecule has 0 aromatic rings. The minimum Gasteiger partial charge on any atom is -0.466 e. The molecule has 0 aliphatic carbocycles. The van der Waals surface area contributed by atoms with Crippen LogP contribution in [0.3, 0.4) is 0 Å². The largest absolute Gasteiger partial charge is 0.466 e. The molecule has 6 heteroatoms. The Kier molecular flexibility index (Phi) is 61.4. The molecule has 0 rings (SSSR count). The van der Waals surface area contributed by atoms with E-state index in [-0.39, 0.29) is 18.5 Å². The molecule has 6 nitrogen and oxygen atoms in total. The van der Waals surface area contributed by atoms with E-state index in [2.05, 4.69) is 31.3 Å². The van der Waals surface area contributed by atoms with Gasteiger partial charge in [0.05, 0.1) is 25.4 Å². The van der Waals surface area contributed by atoms with Crippen LogP contribution in [0.2, 0.25) is 0 Å². The van der Waals surface area contributed by atoms with Gasteiger partial charge < -0.3 is 20.3 Å². The van der Waals surface area contributed by atoms with Crippen molar-refractivity contribution in [1.29, 1.82) is 0 Å². The molecule has 0 spiro atoms. The Hall–Kier alpha value is -1.66. The highest BCUT2D eigenvalue weighted by Crippen LogP contribution is 2.18. The summed E-state index contributed by atoms with van der Waals surface area (Å²) in [7, 11) is 0. The second kappa shape index (κ2) is 62.9. The average Bonchev–Trinajstić information content (AvgIpc) is 3.39. The van der Waals surface area contributed by atoms with E-state index in [0.717, 1.165) is 44.9 Å². The number of aliphatic hydroxyl groups excluding tert-OH is 2. The van der Waals surface area contributed by atoms with Gasteiger partial charge in [-0.15, -0.1) is 0 Å². The summed E-state index contributed by atoms with van der Waals surface area (Å²) in [5.74, 6) is -0.0566. The number of rotatable bonds is 62. The third-order valence-electron chi connectivity index (χ3n) is 15.5. The van der Waals surface area contributed by atoms with E-state index in [1.807, 2.05) is 6.08 Å². The first-order valence-corrected chi connectivity index (χ1v) is 33.1. The second-order valence-corrected chi connectivity index (χ2v) is 22.8. The third-order valence-corrected chi connectivity index (χ3v) is 15.5. The Bertz CT molecular complexity index is 1140. The topological polar surface area (TPSA) is 95.9 Å². The Morgan fingerprint density at radius 3 is 0.973 bits per heavy atom. The van der Waals surface area contributed by atoms with E-state index >= 15 is 0 Å². The predicted molar refractivity (Wildman–Crippen MR) is 320 cm³/mol. The Balaban J connectivity index is 3.38. The number of nitrogens with one attached hydrogen (secondary N) is 1. The van der Waals surface area contributed by atoms with E-state index in [1.54, 1.807) is 6.08 Å². The Morgan fingerprint density at radius 1 is 0.370 bits per heavy atom. The molecule has 0 aliphatic heterocycles. The number of carbonyl (C=O) groups is 2. The first-order valence-electron chi connectivity index (χ1n) is 33.1. The van der Waals surface area contributed by atoms with Gasteiger partial charge in [-0.2, -0.15) is 0 Å². The van der Waals surface area contributed by atoms with Gasteiger partial charge in [-0.05, 0) is 57.8 Å². The zero-order valence-electron chi connectivity index (χ0n) is 49.4. The number of hydrogen-bond acceptors (Lipinski definition) is 5. The van der Waals surface area contributed by atoms with Crippen LogP contribution in [0.15, 0.2) is 24.3 Å². The highest BCUT2D eigenvalue weighted by Gasteiger charge is 2.18. The van der Waals surface area contributed by atoms with Crippen molar-refractivity contribution in [1.82, 2.24) is 5.32 Å². The molecule has 0 heterocycles. The van der Waals surface area contributed by atoms with Crippen molar-refractivity contribution in [2.24, 2.45) is 0 Å². The maximum atomic E-state index is 12.5. The summed E-state index contributed by atoms with van der Waals surface area (Å²) in [6.45, 7) is 4.92. The normalized spacial score (nSPS) is 12.7. The molecular formula is C67H129NO5. The van der Waals surface area contributed by atoms with Crippen molar-refractivity contribution in [2.45, 2.75) is 379 Å². The van der Waals surface area contributed by atoms with Crippen LogP contribution in [0.25, 0.3) is 0 Å². The first-order chi connectivity index (χ1) is 36.0. The lowest BCUT2D eigenvalue weighted by atomic mass is 10.0. The van der Waals surface area contributed by atoms with Crippen LogP contribution in [0, 0.1) is 0 Å². The summed E-state index contributed by atoms with van der Waals surface area (Å²) >= 11 is 0. The molecule has 432 valence electrons. The maximum absolute atomic E-state index is 12.5. The highest BCUT2D eigenvalue weighted by atomic mass is 16.5. The number of hydrogen-bond donors (Lipinski definition) is 3. The zero-order chi connectivity index (χ0) is 52.9. The van der Waals surface area contributed by atoms with E-state index < -0.39 is 12.1 Å². The van der Waals surface area contributed by atoms with Gasteiger partial charge in [0.1, 0.15) is 0 Å². The molecule has 2 unspecified atom stereocenters. The number of aliphatic hydroxyl groups is 2. The molecule has 2 atom stereocenters. The third kappa shape index (κ3) is 59.4. The molecule has 3 N–H and O–H groups in total. The van der Waals surface area contributed by atoms with Crippen molar-refractivity contribution in [3.8, 4) is 0 Å². The summed E-state index contributed by atoms with van der Waals surface area (Å²) < 4.78 is 5.49. The summed E-state index contributed by atoms with van der Waals surface area (Å²) in [6.07, 6.45) is 78.0. The molecular weight excluding hydrogens is 899 g/mol. The molecule has 0 aliphatic rings. The fraction of sp³-hybridized carbons (Fsp3) is 0.910. The van der Waals surface area contributed by atoms with Crippen molar-refractivity contribution in [3.05, 3.63) is 24.3 Å². The smallest absolute Gasteiger partial charge is 0.305 e. The fourth-order valence-electron chi connectivity index (χ4n) is 10.4. The average molecular weight is 1030 g/mol. The fourth-order valence-corrected chi connectivity index (χ4v) is 10.4. The number of ether oxygens (including phenoxy) is 1. The molecule has 1 amide bonds. The van der Waals surface area contributed by atoms with Gasteiger partial charge in [-0.25, -0.2) is 0 Å². The maximum Gasteiger partial charge on any atom is 0.305 e. The second-order valence-electron chi connectivity index (χ2n) is 22.8. The highest BCUT2D eigenvalue weighted by molar-refractivity contribution is 5.76. The number of allylic oxidation sites excluding steroid dienone is 3. The summed E-state index contributed by atoms with van der Waals surface area (Å²) in [4.78, 5) is 24.6. The van der Waals surface area contributed by atoms with E-state index in [4.69, 9.17) is 4.74 Å². The molecule has 0 aromatic heterocycles. The zero-order valence-corrected chi connectivity index (χ0v) is 49.4. The predicted octanol–water partition coefficient (Wildman–Crippen LogP) is 21.0. The SMILES string of the molecule is CCCCCCCC/C=C\CCCCCCCC(=O)OCCCCCCCCCCCCCCCCCCCCCCCCCCC(=O)NC(CO)C(O)/C=C/CCCCCCCCCCCCCCCCC. The lowest BCUT2D eigenvalue weighted by molar-refractivity contribution is -0.143. The minimum absolute atomic E-state index is 0.00757. The molecule has 0 fully saturated rings. The first kappa shape index (κ1) is 71.3. The van der Waals surface area contributed by atoms with Crippen molar-refractivity contribution in [3.63, 3.8) is 0 Å². The van der Waals surface area contributed by atoms with Crippen LogP contribution in [0.1, 0.15) is 367 Å². The summed E-state index contributed by atoms with van der Waals surface area (Å²) in [5.41, 5.74) is 0. The van der Waals surface area contributed by atoms with Crippen molar-refractivity contribution in [2.75, 3.05) is 13.2 Å². The van der Waals surface area contributed by atoms with Crippen LogP contribution in [0.4, 0.5) is 0 Å². The van der Waals surface area contributed by atoms with Crippen molar-refractivity contribution < 1.29 is 24.5 Å². The molecule has 0 saturated heterocycles. The summed E-state index contributed by atoms with van der Waals surface area (Å²) in [6, 6.07) is -0.627. The van der Waals surface area contributed by atoms with Crippen LogP contribution < -0.4 is 5.32 Å². The molecule has 0 saturated carbocycles. The number of esters is 1. The van der Waals surface area contributed by atoms with Crippen LogP contribution in [0.5, 0.6) is 0 Å². The van der Waals surface area contributed by atoms with Gasteiger partial charge in [-0.3, -0.25) is 9.59 Å². The monoisotopic (exact) mass is 1030 g/mol. The molecule has 73 heavy (non-hydrogen) atoms. The van der Waals surface area contributed by atoms with Gasteiger partial charge in [-0.1, -0.05) is 321 Å². The number of carbonyl (C=O) groups excluding carboxylic acids is 2. The standard InChI is InChI=1S/C67H129NO5/c1-3-5-7-9-11-13-15-17-19-28-32-35-39-43-47-51-55-59-65(70)64(63-69)68-66(71)60-56-52-48-44-40-36-33-29-26-24-22-20-21-23-25-27-30-34-38-42-46-50-54-58-62-73-67(72)61-57-53-49-45-41-37-31-18-16-14-12-10-8-6-4-2/h18,31,55,59,64-65,69-70H,3-17,19-30,32-54,56-58,60-63H2,1-2H3,(H,68,71)/b31-18-,59-55+. The lowest BCUT2D eigenvalue weighted by Gasteiger charge is -2.20. The van der Waals surface area contributed by atoms with Crippen LogP contribution in [-0.4, -0.2) is 47.4 Å². The lowest BCUT2D eigenvalue weighted by Crippen LogP contribution is -2.45. The van der Waals surface area contributed by atoms with Gasteiger partial charge in [0, 0.05) is 12.8 Å². The molecule has 0 radical (unpaired) electrons. The molecule has 0 aromatic carbocycles. The van der Waals surface area contributed by atoms with Crippen LogP contribution >= 0.6 is 0 Å². The van der Waals surface area contributed by atoms with E-state index in [0.29, 0.717) is 19.4 Å². The van der Waals surface area contributed by atoms with Gasteiger partial charge in [0.15, 0.2) is 0 Å². The Labute approximate surface area is 456 Å². The van der Waals surface area contributed by atoms with Crippen molar-refractivity contribution >= 4 is 11.9 Å². The van der Waals surface area contributed by atoms with Gasteiger partial charge in [0.25, 0.3) is 0 Å². The number of amides is 1. The van der Waals surface area contributed by atoms with Gasteiger partial charge in [0.2, 0.25) is 5.91 Å². The molecule has 0 bridgehead atoms.